The molecule has 2 aliphatic rings. The number of carboxylic acids is 1. The molecule has 5 aromatic rings. The minimum absolute atomic E-state index is 0. The number of fused-ring (bicyclic) bond motifs is 4. The second kappa shape index (κ2) is 10.9. The molecule has 4 heterocycles. The quantitative estimate of drug-likeness (QED) is 0.204. The number of pyridine rings is 2. The Labute approximate surface area is 255 Å². The summed E-state index contributed by atoms with van der Waals surface area (Å²) in [5.41, 5.74) is 11.8. The van der Waals surface area contributed by atoms with Crippen molar-refractivity contribution in [2.24, 2.45) is 0 Å². The van der Waals surface area contributed by atoms with E-state index >= 15 is 0 Å². The molecule has 0 unspecified atom stereocenters. The van der Waals surface area contributed by atoms with Gasteiger partial charge in [-0.1, -0.05) is 105 Å². The summed E-state index contributed by atoms with van der Waals surface area (Å²) in [6.45, 7) is 9.70. The van der Waals surface area contributed by atoms with Crippen molar-refractivity contribution in [1.82, 2.24) is 9.97 Å². The Bertz CT molecular complexity index is 1660. The van der Waals surface area contributed by atoms with Crippen molar-refractivity contribution in [1.29, 1.82) is 0 Å². The molecule has 205 valence electrons. The van der Waals surface area contributed by atoms with Gasteiger partial charge in [0.05, 0.1) is 0 Å². The third-order valence-electron chi connectivity index (χ3n) is 8.41. The van der Waals surface area contributed by atoms with Gasteiger partial charge in [-0.3, -0.25) is 0 Å². The van der Waals surface area contributed by atoms with Crippen molar-refractivity contribution >= 4 is 29.1 Å². The Balaban J connectivity index is 0.000000291. The Morgan fingerprint density at radius 2 is 1.29 bits per heavy atom. The number of rotatable bonds is 2. The van der Waals surface area contributed by atoms with E-state index in [1.807, 2.05) is 12.3 Å². The molecule has 0 aliphatic carbocycles. The molecule has 0 atom stereocenters. The van der Waals surface area contributed by atoms with Crippen molar-refractivity contribution in [2.45, 2.75) is 38.5 Å². The van der Waals surface area contributed by atoms with E-state index in [2.05, 4.69) is 110 Å². The molecule has 7 rings (SSSR count). The Morgan fingerprint density at radius 1 is 0.732 bits per heavy atom. The van der Waals surface area contributed by atoms with E-state index in [-0.39, 0.29) is 43.3 Å². The Morgan fingerprint density at radius 3 is 1.83 bits per heavy atom. The number of benzene rings is 3. The van der Waals surface area contributed by atoms with Gasteiger partial charge in [-0.05, 0) is 45.8 Å². The van der Waals surface area contributed by atoms with E-state index < -0.39 is 5.97 Å². The van der Waals surface area contributed by atoms with Gasteiger partial charge in [-0.25, -0.2) is 9.78 Å². The molecule has 0 bridgehead atoms. The molecule has 6 heteroatoms. The van der Waals surface area contributed by atoms with Gasteiger partial charge in [-0.2, -0.15) is 0 Å². The Kier molecular flexibility index (Phi) is 7.59. The van der Waals surface area contributed by atoms with Crippen molar-refractivity contribution in [3.05, 3.63) is 137 Å². The van der Waals surface area contributed by atoms with Crippen LogP contribution in [0.5, 0.6) is 0 Å². The van der Waals surface area contributed by atoms with Crippen molar-refractivity contribution in [2.75, 3.05) is 0 Å². The van der Waals surface area contributed by atoms with Gasteiger partial charge in [0.2, 0.25) is 0 Å². The summed E-state index contributed by atoms with van der Waals surface area (Å²) in [5, 5.41) is 8.32. The zero-order valence-electron chi connectivity index (χ0n) is 23.5. The first kappa shape index (κ1) is 28.7. The van der Waals surface area contributed by atoms with Gasteiger partial charge in [0.15, 0.2) is 6.71 Å². The maximum atomic E-state index is 10.1. The fraction of sp³-hybridized carbons (Fsp3) is 0.171. The molecule has 1 radical (unpaired) electrons. The smallest absolute Gasteiger partial charge is 0.354 e. The maximum absolute atomic E-state index is 10.1. The molecule has 41 heavy (non-hydrogen) atoms. The summed E-state index contributed by atoms with van der Waals surface area (Å²) >= 11 is 0. The van der Waals surface area contributed by atoms with E-state index in [1.165, 1.54) is 50.9 Å². The van der Waals surface area contributed by atoms with Crippen molar-refractivity contribution in [3.63, 3.8) is 0 Å². The van der Waals surface area contributed by atoms with E-state index in [1.54, 1.807) is 12.1 Å². The van der Waals surface area contributed by atoms with Crippen LogP contribution in [0.4, 0.5) is 0 Å². The SMILES string of the molecule is CC1(C)c2[c-]c(-c3ccccn3)cc3c2B(c2ccccc21)c1ccccc1C3(C)C.O=C(O)c1ccccn1.[Ir]. The van der Waals surface area contributed by atoms with E-state index in [0.29, 0.717) is 0 Å². The van der Waals surface area contributed by atoms with Gasteiger partial charge in [0.1, 0.15) is 5.69 Å². The zero-order chi connectivity index (χ0) is 28.1. The first-order chi connectivity index (χ1) is 19.2. The number of carboxylic acid groups (broad SMARTS) is 1. The second-order valence-electron chi connectivity index (χ2n) is 11.5. The van der Waals surface area contributed by atoms with E-state index in [4.69, 9.17) is 5.11 Å². The van der Waals surface area contributed by atoms with Crippen LogP contribution < -0.4 is 16.4 Å². The molecule has 0 saturated heterocycles. The van der Waals surface area contributed by atoms with E-state index in [9.17, 15) is 4.79 Å². The van der Waals surface area contributed by atoms with Crippen LogP contribution in [-0.4, -0.2) is 27.8 Å². The first-order valence-corrected chi connectivity index (χ1v) is 13.6. The molecular weight excluding hydrogens is 683 g/mol. The predicted molar refractivity (Wildman–Crippen MR) is 162 cm³/mol. The summed E-state index contributed by atoms with van der Waals surface area (Å²) < 4.78 is 0. The van der Waals surface area contributed by atoms with Gasteiger partial charge >= 0.3 is 5.97 Å². The fourth-order valence-corrected chi connectivity index (χ4v) is 6.45. The maximum Gasteiger partial charge on any atom is 0.354 e. The van der Waals surface area contributed by atoms with Crippen LogP contribution >= 0.6 is 0 Å². The van der Waals surface area contributed by atoms with Crippen LogP contribution in [0.15, 0.2) is 103 Å². The van der Waals surface area contributed by atoms with Gasteiger partial charge in [0.25, 0.3) is 0 Å². The molecule has 0 fully saturated rings. The number of aromatic nitrogens is 2. The van der Waals surface area contributed by atoms with Crippen molar-refractivity contribution < 1.29 is 30.0 Å². The normalized spacial score (nSPS) is 14.7. The molecule has 0 amide bonds. The number of carbonyl (C=O) groups is 1. The monoisotopic (exact) mass is 714 g/mol. The topological polar surface area (TPSA) is 63.1 Å². The van der Waals surface area contributed by atoms with E-state index in [0.717, 1.165) is 11.3 Å². The molecule has 4 nitrogen and oxygen atoms in total. The molecule has 3 aromatic carbocycles. The predicted octanol–water partition coefficient (Wildman–Crippen LogP) is 5.12. The molecule has 0 spiro atoms. The van der Waals surface area contributed by atoms with Gasteiger partial charge < -0.3 is 10.1 Å². The van der Waals surface area contributed by atoms with Crippen LogP contribution in [0.3, 0.4) is 0 Å². The summed E-state index contributed by atoms with van der Waals surface area (Å²) in [6, 6.07) is 35.1. The summed E-state index contributed by atoms with van der Waals surface area (Å²) in [4.78, 5) is 18.4. The number of hydrogen-bond acceptors (Lipinski definition) is 3. The minimum atomic E-state index is -0.990. The number of aromatic carboxylic acids is 1. The van der Waals surface area contributed by atoms with Crippen LogP contribution in [-0.2, 0) is 30.9 Å². The zero-order valence-corrected chi connectivity index (χ0v) is 25.9. The molecule has 2 aromatic heterocycles. The average Bonchev–Trinajstić information content (AvgIpc) is 2.98. The Hall–Kier alpha value is -3.86. The van der Waals surface area contributed by atoms with Gasteiger partial charge in [-0.15, -0.1) is 34.3 Å². The van der Waals surface area contributed by atoms with Crippen LogP contribution in [0.1, 0.15) is 60.4 Å². The molecule has 1 N–H and O–H groups in total. The first-order valence-electron chi connectivity index (χ1n) is 13.6. The van der Waals surface area contributed by atoms with Crippen LogP contribution in [0.25, 0.3) is 11.3 Å². The second-order valence-corrected chi connectivity index (χ2v) is 11.5. The molecule has 2 aliphatic heterocycles. The summed E-state index contributed by atoms with van der Waals surface area (Å²) in [5.74, 6) is -0.990. The number of nitrogens with zero attached hydrogens (tertiary/aromatic N) is 2. The third kappa shape index (κ3) is 4.75. The average molecular weight is 714 g/mol. The standard InChI is InChI=1S/C29H25BN.C6H5NO2.Ir/c1-28(2)20-11-5-7-13-24(20)30-25-14-8-6-12-21(25)29(3,4)23-18-19(17-22(28)27(23)30)26-15-9-10-16-31-26;8-6(9)5-3-1-2-4-7-5;/h5-17H,1-4H3;1-4H,(H,8,9);/q-1;;. The van der Waals surface area contributed by atoms with Gasteiger partial charge in [0, 0.05) is 32.5 Å². The van der Waals surface area contributed by atoms with Crippen LogP contribution in [0.2, 0.25) is 0 Å². The summed E-state index contributed by atoms with van der Waals surface area (Å²) in [6.07, 6.45) is 3.32. The third-order valence-corrected chi connectivity index (χ3v) is 8.41. The molecular formula is C35H30BIrN2O2-. The fourth-order valence-electron chi connectivity index (χ4n) is 6.45. The largest absolute Gasteiger partial charge is 0.477 e. The molecule has 0 saturated carbocycles. The van der Waals surface area contributed by atoms with Crippen LogP contribution in [0, 0.1) is 6.07 Å². The van der Waals surface area contributed by atoms with Crippen molar-refractivity contribution in [3.8, 4) is 11.3 Å². The number of hydrogen-bond donors (Lipinski definition) is 1. The minimum Gasteiger partial charge on any atom is -0.477 e. The summed E-state index contributed by atoms with van der Waals surface area (Å²) in [7, 11) is 0.